The highest BCUT2D eigenvalue weighted by molar-refractivity contribution is 7.94. The van der Waals surface area contributed by atoms with Crippen LogP contribution in [0.5, 0.6) is 17.2 Å². The van der Waals surface area contributed by atoms with Crippen LogP contribution in [0.2, 0.25) is 0 Å². The van der Waals surface area contributed by atoms with Crippen LogP contribution in [0.15, 0.2) is 44.6 Å². The monoisotopic (exact) mass is 396 g/mol. The van der Waals surface area contributed by atoms with E-state index in [1.54, 1.807) is 11.4 Å². The van der Waals surface area contributed by atoms with Crippen molar-refractivity contribution in [1.29, 1.82) is 0 Å². The van der Waals surface area contributed by atoms with Gasteiger partial charge in [0.2, 0.25) is 5.75 Å². The van der Waals surface area contributed by atoms with Gasteiger partial charge in [-0.1, -0.05) is 5.16 Å². The first kappa shape index (κ1) is 18.1. The highest BCUT2D eigenvalue weighted by atomic mass is 32.2. The number of thiophene rings is 1. The molecule has 2 heterocycles. The summed E-state index contributed by atoms with van der Waals surface area (Å²) in [7, 11) is 0.588. The molecule has 0 radical (unpaired) electrons. The molecule has 0 amide bonds. The molecule has 0 spiro atoms. The lowest BCUT2D eigenvalue weighted by molar-refractivity contribution is 0.325. The fourth-order valence-electron chi connectivity index (χ4n) is 2.30. The highest BCUT2D eigenvalue weighted by Gasteiger charge is 2.21. The molecule has 0 fully saturated rings. The van der Waals surface area contributed by atoms with Gasteiger partial charge in [-0.25, -0.2) is 8.42 Å². The van der Waals surface area contributed by atoms with Gasteiger partial charge < -0.3 is 18.7 Å². The molecule has 26 heavy (non-hydrogen) atoms. The third-order valence-electron chi connectivity index (χ3n) is 3.48. The number of ether oxygens (including phenoxy) is 3. The first-order valence-electron chi connectivity index (χ1n) is 7.31. The van der Waals surface area contributed by atoms with Crippen molar-refractivity contribution in [1.82, 2.24) is 5.16 Å². The molecular formula is C16H16N2O6S2. The van der Waals surface area contributed by atoms with Gasteiger partial charge >= 0.3 is 0 Å². The van der Waals surface area contributed by atoms with E-state index < -0.39 is 10.0 Å². The molecule has 0 aliphatic carbocycles. The Balaban J connectivity index is 1.92. The van der Waals surface area contributed by atoms with Gasteiger partial charge in [-0.3, -0.25) is 4.72 Å². The Bertz CT molecular complexity index is 971. The summed E-state index contributed by atoms with van der Waals surface area (Å²) in [6.45, 7) is 0. The molecule has 0 aliphatic heterocycles. The second-order valence-electron chi connectivity index (χ2n) is 5.05. The quantitative estimate of drug-likeness (QED) is 0.654. The largest absolute Gasteiger partial charge is 0.493 e. The second-order valence-corrected chi connectivity index (χ2v) is 7.87. The maximum atomic E-state index is 12.7. The molecule has 0 aliphatic rings. The van der Waals surface area contributed by atoms with Crippen molar-refractivity contribution in [2.24, 2.45) is 0 Å². The zero-order valence-corrected chi connectivity index (χ0v) is 15.8. The number of anilines is 1. The first-order valence-corrected chi connectivity index (χ1v) is 9.67. The van der Waals surface area contributed by atoms with E-state index >= 15 is 0 Å². The molecular weight excluding hydrogens is 380 g/mol. The number of methoxy groups -OCH3 is 3. The third kappa shape index (κ3) is 3.46. The van der Waals surface area contributed by atoms with E-state index in [0.717, 1.165) is 11.3 Å². The van der Waals surface area contributed by atoms with Gasteiger partial charge in [0.25, 0.3) is 10.0 Å². The summed E-state index contributed by atoms with van der Waals surface area (Å²) in [6, 6.07) is 6.21. The molecule has 138 valence electrons. The van der Waals surface area contributed by atoms with Crippen molar-refractivity contribution >= 4 is 27.0 Å². The fourth-order valence-corrected chi connectivity index (χ4v) is 4.51. The minimum atomic E-state index is -3.80. The molecule has 0 unspecified atom stereocenters. The van der Waals surface area contributed by atoms with Crippen molar-refractivity contribution in [2.75, 3.05) is 26.1 Å². The molecule has 10 heteroatoms. The zero-order valence-electron chi connectivity index (χ0n) is 14.2. The smallest absolute Gasteiger partial charge is 0.271 e. The van der Waals surface area contributed by atoms with Gasteiger partial charge in [-0.2, -0.15) is 0 Å². The average Bonchev–Trinajstić information content (AvgIpc) is 3.31. The lowest BCUT2D eigenvalue weighted by atomic mass is 10.2. The topological polar surface area (TPSA) is 99.9 Å². The van der Waals surface area contributed by atoms with Crippen molar-refractivity contribution in [2.45, 2.75) is 4.21 Å². The van der Waals surface area contributed by atoms with Gasteiger partial charge in [0.05, 0.1) is 33.2 Å². The number of nitrogens with zero attached hydrogens (tertiary/aromatic N) is 1. The van der Waals surface area contributed by atoms with Crippen LogP contribution in [0.25, 0.3) is 11.3 Å². The number of sulfonamides is 1. The van der Waals surface area contributed by atoms with Gasteiger partial charge in [0, 0.05) is 29.1 Å². The van der Waals surface area contributed by atoms with Crippen LogP contribution in [0, 0.1) is 0 Å². The molecule has 0 saturated heterocycles. The van der Waals surface area contributed by atoms with E-state index in [9.17, 15) is 8.42 Å². The molecule has 1 N–H and O–H groups in total. The van der Waals surface area contributed by atoms with Crippen molar-refractivity contribution in [3.8, 4) is 28.6 Å². The van der Waals surface area contributed by atoms with Crippen molar-refractivity contribution in [3.05, 3.63) is 35.8 Å². The third-order valence-corrected chi connectivity index (χ3v) is 6.30. The number of aromatic nitrogens is 1. The normalized spacial score (nSPS) is 11.2. The number of nitrogens with one attached hydrogen (secondary N) is 1. The van der Waals surface area contributed by atoms with E-state index in [2.05, 4.69) is 9.88 Å². The van der Waals surface area contributed by atoms with Crippen LogP contribution in [0.4, 0.5) is 5.69 Å². The van der Waals surface area contributed by atoms with E-state index in [-0.39, 0.29) is 9.90 Å². The van der Waals surface area contributed by atoms with E-state index in [0.29, 0.717) is 28.6 Å². The van der Waals surface area contributed by atoms with Crippen molar-refractivity contribution in [3.63, 3.8) is 0 Å². The summed E-state index contributed by atoms with van der Waals surface area (Å²) in [6.07, 6.45) is 1.50. The molecule has 2 aromatic heterocycles. The maximum absolute atomic E-state index is 12.7. The van der Waals surface area contributed by atoms with Crippen LogP contribution < -0.4 is 18.9 Å². The molecule has 0 atom stereocenters. The summed E-state index contributed by atoms with van der Waals surface area (Å²) in [5.74, 6) is 1.56. The van der Waals surface area contributed by atoms with E-state index in [1.165, 1.54) is 45.7 Å². The molecule has 0 bridgehead atoms. The molecule has 3 aromatic rings. The zero-order chi connectivity index (χ0) is 18.7. The second kappa shape index (κ2) is 7.26. The Kier molecular flexibility index (Phi) is 5.05. The van der Waals surface area contributed by atoms with E-state index in [1.807, 2.05) is 0 Å². The van der Waals surface area contributed by atoms with Gasteiger partial charge in [0.15, 0.2) is 17.3 Å². The summed E-state index contributed by atoms with van der Waals surface area (Å²) >= 11 is 1.08. The average molecular weight is 396 g/mol. The summed E-state index contributed by atoms with van der Waals surface area (Å²) in [4.78, 5) is 0. The number of hydrogen-bond acceptors (Lipinski definition) is 8. The Labute approximate surface area is 154 Å². The Morgan fingerprint density at radius 3 is 2.31 bits per heavy atom. The van der Waals surface area contributed by atoms with Gasteiger partial charge in [0.1, 0.15) is 4.21 Å². The summed E-state index contributed by atoms with van der Waals surface area (Å²) in [5.41, 5.74) is 0.923. The predicted octanol–water partition coefficient (Wildman–Crippen LogP) is 3.23. The minimum absolute atomic E-state index is 0.137. The SMILES string of the molecule is COc1cc(NS(=O)(=O)c2cc(-c3ccno3)cs2)cc(OC)c1OC. The number of benzene rings is 1. The van der Waals surface area contributed by atoms with Gasteiger partial charge in [-0.05, 0) is 6.07 Å². The first-order chi connectivity index (χ1) is 12.5. The Morgan fingerprint density at radius 1 is 1.08 bits per heavy atom. The van der Waals surface area contributed by atoms with E-state index in [4.69, 9.17) is 18.7 Å². The fraction of sp³-hybridized carbons (Fsp3) is 0.188. The minimum Gasteiger partial charge on any atom is -0.493 e. The van der Waals surface area contributed by atoms with Gasteiger partial charge in [-0.15, -0.1) is 11.3 Å². The molecule has 8 nitrogen and oxygen atoms in total. The summed E-state index contributed by atoms with van der Waals surface area (Å²) in [5, 5.41) is 5.30. The molecule has 1 aromatic carbocycles. The van der Waals surface area contributed by atoms with Crippen LogP contribution in [0.1, 0.15) is 0 Å². The molecule has 3 rings (SSSR count). The number of rotatable bonds is 7. The summed E-state index contributed by atoms with van der Waals surface area (Å²) < 4.78 is 48.8. The highest BCUT2D eigenvalue weighted by Crippen LogP contribution is 2.40. The Hall–Kier alpha value is -2.72. The maximum Gasteiger partial charge on any atom is 0.271 e. The van der Waals surface area contributed by atoms with Crippen LogP contribution >= 0.6 is 11.3 Å². The predicted molar refractivity (Wildman–Crippen MR) is 96.7 cm³/mol. The van der Waals surface area contributed by atoms with Crippen molar-refractivity contribution < 1.29 is 27.2 Å². The lowest BCUT2D eigenvalue weighted by Crippen LogP contribution is -2.12. The Morgan fingerprint density at radius 2 is 1.77 bits per heavy atom. The standard InChI is InChI=1S/C16H16N2O6S2/c1-21-13-7-11(8-14(22-2)16(13)23-3)18-26(19,20)15-6-10(9-25-15)12-4-5-17-24-12/h4-9,18H,1-3H3. The van der Waals surface area contributed by atoms with Crippen LogP contribution in [-0.4, -0.2) is 34.9 Å². The lowest BCUT2D eigenvalue weighted by Gasteiger charge is -2.14. The molecule has 0 saturated carbocycles. The van der Waals surface area contributed by atoms with Crippen LogP contribution in [-0.2, 0) is 10.0 Å². The number of hydrogen-bond donors (Lipinski definition) is 1. The van der Waals surface area contributed by atoms with Crippen LogP contribution in [0.3, 0.4) is 0 Å².